The van der Waals surface area contributed by atoms with E-state index >= 15 is 0 Å². The largest absolute Gasteiger partial charge is 0.476 e. The lowest BCUT2D eigenvalue weighted by Gasteiger charge is -2.13. The molecule has 0 unspecified atom stereocenters. The Kier molecular flexibility index (Phi) is 7.36. The zero-order valence-corrected chi connectivity index (χ0v) is 19.2. The smallest absolute Gasteiger partial charge is 0.293 e. The molecule has 0 saturated heterocycles. The van der Waals surface area contributed by atoms with Crippen LogP contribution in [0.1, 0.15) is 11.3 Å². The van der Waals surface area contributed by atoms with E-state index in [-0.39, 0.29) is 5.56 Å². The van der Waals surface area contributed by atoms with Crippen molar-refractivity contribution < 1.29 is 4.74 Å². The minimum Gasteiger partial charge on any atom is -0.476 e. The molecule has 0 amide bonds. The van der Waals surface area contributed by atoms with E-state index < -0.39 is 0 Å². The molecule has 0 saturated carbocycles. The predicted octanol–water partition coefficient (Wildman–Crippen LogP) is 4.10. The molecule has 0 atom stereocenters. The van der Waals surface area contributed by atoms with Crippen LogP contribution in [0.2, 0.25) is 5.02 Å². The van der Waals surface area contributed by atoms with E-state index in [1.54, 1.807) is 34.4 Å². The lowest BCUT2D eigenvalue weighted by Crippen LogP contribution is -2.31. The van der Waals surface area contributed by atoms with Crippen LogP contribution in [0, 0.1) is 6.92 Å². The highest BCUT2D eigenvalue weighted by Gasteiger charge is 2.09. The van der Waals surface area contributed by atoms with E-state index in [2.05, 4.69) is 26.0 Å². The van der Waals surface area contributed by atoms with Crippen LogP contribution in [0.4, 0.5) is 5.82 Å². The van der Waals surface area contributed by atoms with Crippen LogP contribution in [0.3, 0.4) is 0 Å². The summed E-state index contributed by atoms with van der Waals surface area (Å²) in [7, 11) is 0. The van der Waals surface area contributed by atoms with Crippen LogP contribution in [-0.4, -0.2) is 34.2 Å². The van der Waals surface area contributed by atoms with Crippen LogP contribution in [0.15, 0.2) is 59.0 Å². The second-order valence-electron chi connectivity index (χ2n) is 7.23. The van der Waals surface area contributed by atoms with Crippen LogP contribution in [-0.2, 0) is 13.1 Å². The lowest BCUT2D eigenvalue weighted by molar-refractivity contribution is 0.320. The summed E-state index contributed by atoms with van der Waals surface area (Å²) in [5.74, 6) is 0.869. The maximum atomic E-state index is 12.8. The third-order valence-electron chi connectivity index (χ3n) is 4.98. The molecular formula is C23H24ClN5O2S. The van der Waals surface area contributed by atoms with Gasteiger partial charge in [-0.3, -0.25) is 4.79 Å². The molecule has 0 radical (unpaired) electrons. The minimum absolute atomic E-state index is 0.141. The van der Waals surface area contributed by atoms with Crippen LogP contribution in [0.5, 0.6) is 5.88 Å². The topological polar surface area (TPSA) is 81.1 Å². The van der Waals surface area contributed by atoms with E-state index in [0.29, 0.717) is 37.9 Å². The van der Waals surface area contributed by atoms with Crippen molar-refractivity contribution in [2.24, 2.45) is 0 Å². The highest BCUT2D eigenvalue weighted by atomic mass is 35.5. The maximum absolute atomic E-state index is 12.8. The van der Waals surface area contributed by atoms with Gasteiger partial charge < -0.3 is 19.9 Å². The van der Waals surface area contributed by atoms with Crippen LogP contribution >= 0.6 is 22.9 Å². The summed E-state index contributed by atoms with van der Waals surface area (Å²) < 4.78 is 8.49. The van der Waals surface area contributed by atoms with Gasteiger partial charge in [0.15, 0.2) is 5.82 Å². The zero-order chi connectivity index (χ0) is 22.3. The molecule has 4 rings (SSSR count). The number of pyridine rings is 1. The van der Waals surface area contributed by atoms with Crippen molar-refractivity contribution in [2.45, 2.75) is 20.0 Å². The number of anilines is 1. The summed E-state index contributed by atoms with van der Waals surface area (Å²) in [4.78, 5) is 21.2. The van der Waals surface area contributed by atoms with Crippen molar-refractivity contribution in [2.75, 3.05) is 25.0 Å². The maximum Gasteiger partial charge on any atom is 0.293 e. The Hall–Kier alpha value is -2.94. The third kappa shape index (κ3) is 5.45. The van der Waals surface area contributed by atoms with Crippen molar-refractivity contribution >= 4 is 38.8 Å². The highest BCUT2D eigenvalue weighted by Crippen LogP contribution is 2.28. The van der Waals surface area contributed by atoms with E-state index in [1.807, 2.05) is 37.3 Å². The Morgan fingerprint density at radius 3 is 2.94 bits per heavy atom. The lowest BCUT2D eigenvalue weighted by atomic mass is 10.2. The number of rotatable bonds is 10. The number of nitrogens with zero attached hydrogens (tertiary/aromatic N) is 3. The van der Waals surface area contributed by atoms with Gasteiger partial charge in [-0.05, 0) is 47.5 Å². The zero-order valence-electron chi connectivity index (χ0n) is 17.7. The molecule has 0 fully saturated rings. The van der Waals surface area contributed by atoms with Crippen LogP contribution < -0.4 is 20.9 Å². The number of aryl methyl sites for hydroxylation is 1. The molecule has 32 heavy (non-hydrogen) atoms. The minimum atomic E-state index is -0.141. The molecule has 0 aliphatic rings. The van der Waals surface area contributed by atoms with Crippen molar-refractivity contribution in [3.8, 4) is 5.88 Å². The second-order valence-corrected chi connectivity index (χ2v) is 8.57. The summed E-state index contributed by atoms with van der Waals surface area (Å²) in [6, 6.07) is 11.4. The molecule has 3 aromatic heterocycles. The fourth-order valence-corrected chi connectivity index (χ4v) is 4.45. The Bertz CT molecular complexity index is 1240. The molecule has 7 nitrogen and oxygen atoms in total. The number of thiophene rings is 1. The van der Waals surface area contributed by atoms with Gasteiger partial charge in [0.05, 0.1) is 6.54 Å². The Balaban J connectivity index is 1.30. The summed E-state index contributed by atoms with van der Waals surface area (Å²) in [6.07, 6.45) is 3.38. The second kappa shape index (κ2) is 10.6. The van der Waals surface area contributed by atoms with Gasteiger partial charge in [0.1, 0.15) is 6.61 Å². The van der Waals surface area contributed by atoms with Gasteiger partial charge in [-0.1, -0.05) is 17.7 Å². The molecule has 166 valence electrons. The average Bonchev–Trinajstić information content (AvgIpc) is 3.20. The summed E-state index contributed by atoms with van der Waals surface area (Å²) in [6.45, 7) is 4.64. The molecule has 9 heteroatoms. The molecule has 1 aromatic carbocycles. The molecular weight excluding hydrogens is 446 g/mol. The summed E-state index contributed by atoms with van der Waals surface area (Å²) in [5.41, 5.74) is 1.89. The molecule has 3 heterocycles. The van der Waals surface area contributed by atoms with E-state index in [1.165, 1.54) is 15.6 Å². The molecule has 0 bridgehead atoms. The van der Waals surface area contributed by atoms with Gasteiger partial charge in [-0.15, -0.1) is 11.3 Å². The number of hydrogen-bond acceptors (Lipinski definition) is 7. The van der Waals surface area contributed by atoms with Crippen molar-refractivity contribution in [3.63, 3.8) is 0 Å². The van der Waals surface area contributed by atoms with E-state index in [4.69, 9.17) is 16.3 Å². The van der Waals surface area contributed by atoms with Crippen molar-refractivity contribution in [1.82, 2.24) is 19.9 Å². The first kappa shape index (κ1) is 22.3. The highest BCUT2D eigenvalue weighted by molar-refractivity contribution is 7.17. The number of fused-ring (bicyclic) bond motifs is 1. The first-order chi connectivity index (χ1) is 15.6. The normalized spacial score (nSPS) is 11.1. The Morgan fingerprint density at radius 2 is 2.09 bits per heavy atom. The van der Waals surface area contributed by atoms with E-state index in [9.17, 15) is 4.79 Å². The number of nitrogens with one attached hydrogen (secondary N) is 2. The molecule has 2 N–H and O–H groups in total. The van der Waals surface area contributed by atoms with Gasteiger partial charge in [0.2, 0.25) is 5.88 Å². The number of halogens is 1. The SMILES string of the molecule is Cc1cnc(NCCOc2ccccn2)c(=O)n1CCNCc1csc2ccc(Cl)cc12. The Labute approximate surface area is 195 Å². The van der Waals surface area contributed by atoms with Crippen molar-refractivity contribution in [3.05, 3.63) is 80.8 Å². The van der Waals surface area contributed by atoms with Gasteiger partial charge in [-0.25, -0.2) is 9.97 Å². The fourth-order valence-electron chi connectivity index (χ4n) is 3.33. The molecule has 0 aliphatic heterocycles. The van der Waals surface area contributed by atoms with E-state index in [0.717, 1.165) is 17.3 Å². The number of ether oxygens (including phenoxy) is 1. The molecule has 0 aliphatic carbocycles. The number of hydrogen-bond donors (Lipinski definition) is 2. The predicted molar refractivity (Wildman–Crippen MR) is 130 cm³/mol. The molecule has 4 aromatic rings. The standard InChI is InChI=1S/C23H24ClN5O2S/c1-16-13-28-22(27-9-11-31-21-4-2-3-7-26-21)23(30)29(16)10-8-25-14-17-15-32-20-6-5-18(24)12-19(17)20/h2-7,12-13,15,25H,8-11,14H2,1H3,(H,27,28). The summed E-state index contributed by atoms with van der Waals surface area (Å²) in [5, 5.41) is 10.5. The first-order valence-corrected chi connectivity index (χ1v) is 11.6. The Morgan fingerprint density at radius 1 is 1.19 bits per heavy atom. The summed E-state index contributed by atoms with van der Waals surface area (Å²) >= 11 is 7.85. The van der Waals surface area contributed by atoms with Crippen LogP contribution in [0.25, 0.3) is 10.1 Å². The monoisotopic (exact) mass is 469 g/mol. The van der Waals surface area contributed by atoms with Gasteiger partial charge in [-0.2, -0.15) is 0 Å². The molecule has 0 spiro atoms. The van der Waals surface area contributed by atoms with Crippen molar-refractivity contribution in [1.29, 1.82) is 0 Å². The first-order valence-electron chi connectivity index (χ1n) is 10.3. The average molecular weight is 470 g/mol. The third-order valence-corrected chi connectivity index (χ3v) is 6.23. The number of benzene rings is 1. The quantitative estimate of drug-likeness (QED) is 0.340. The van der Waals surface area contributed by atoms with Gasteiger partial charge >= 0.3 is 0 Å². The number of aromatic nitrogens is 3. The van der Waals surface area contributed by atoms with Gasteiger partial charge in [0, 0.05) is 53.5 Å². The fraction of sp³-hybridized carbons (Fsp3) is 0.261. The van der Waals surface area contributed by atoms with Gasteiger partial charge in [0.25, 0.3) is 5.56 Å².